The summed E-state index contributed by atoms with van der Waals surface area (Å²) in [7, 11) is 0. The minimum Gasteiger partial charge on any atom is -0.326 e. The van der Waals surface area contributed by atoms with E-state index in [0.29, 0.717) is 18.4 Å². The maximum absolute atomic E-state index is 12.1. The van der Waals surface area contributed by atoms with Crippen molar-refractivity contribution in [3.8, 4) is 0 Å². The van der Waals surface area contributed by atoms with Gasteiger partial charge in [-0.2, -0.15) is 0 Å². The predicted octanol–water partition coefficient (Wildman–Crippen LogP) is 3.46. The van der Waals surface area contributed by atoms with Crippen molar-refractivity contribution in [1.82, 2.24) is 0 Å². The fourth-order valence-corrected chi connectivity index (χ4v) is 1.92. The van der Waals surface area contributed by atoms with Crippen LogP contribution < -0.4 is 5.32 Å². The summed E-state index contributed by atoms with van der Waals surface area (Å²) >= 11 is 0. The van der Waals surface area contributed by atoms with Crippen molar-refractivity contribution in [3.63, 3.8) is 0 Å². The number of carbonyl (C=O) groups excluding carboxylic acids is 2. The van der Waals surface area contributed by atoms with Crippen LogP contribution >= 0.6 is 0 Å². The molecule has 2 aromatic rings. The van der Waals surface area contributed by atoms with Gasteiger partial charge in [0, 0.05) is 24.1 Å². The number of Topliss-reactive ketones (excluding diaryl/α,β-unsaturated/α-hetero) is 1. The summed E-state index contributed by atoms with van der Waals surface area (Å²) < 4.78 is 0. The van der Waals surface area contributed by atoms with Crippen molar-refractivity contribution in [2.45, 2.75) is 19.8 Å². The molecule has 3 nitrogen and oxygen atoms in total. The number of nitrogens with one attached hydrogen (secondary N) is 1. The van der Waals surface area contributed by atoms with Crippen LogP contribution in [0.15, 0.2) is 54.6 Å². The average molecular weight is 267 g/mol. The van der Waals surface area contributed by atoms with Gasteiger partial charge >= 0.3 is 0 Å². The monoisotopic (exact) mass is 267 g/mol. The zero-order chi connectivity index (χ0) is 14.4. The molecule has 3 heteroatoms. The Morgan fingerprint density at radius 1 is 1.00 bits per heavy atom. The largest absolute Gasteiger partial charge is 0.326 e. The summed E-state index contributed by atoms with van der Waals surface area (Å²) in [5, 5.41) is 2.79. The first-order valence-corrected chi connectivity index (χ1v) is 6.66. The Bertz CT molecular complexity index is 605. The summed E-state index contributed by atoms with van der Waals surface area (Å²) in [4.78, 5) is 23.5. The maximum Gasteiger partial charge on any atom is 0.224 e. The SMILES string of the molecule is CCC(=O)Nc1cccc(CC(=O)c2ccccc2)c1. The number of ketones is 1. The highest BCUT2D eigenvalue weighted by Gasteiger charge is 2.07. The molecule has 0 spiro atoms. The fourth-order valence-electron chi connectivity index (χ4n) is 1.92. The van der Waals surface area contributed by atoms with Crippen LogP contribution in [-0.2, 0) is 11.2 Å². The van der Waals surface area contributed by atoms with Gasteiger partial charge in [-0.1, -0.05) is 49.4 Å². The molecule has 0 radical (unpaired) electrons. The Morgan fingerprint density at radius 3 is 2.45 bits per heavy atom. The van der Waals surface area contributed by atoms with E-state index in [0.717, 1.165) is 11.3 Å². The Hall–Kier alpha value is -2.42. The smallest absolute Gasteiger partial charge is 0.224 e. The molecule has 0 aliphatic heterocycles. The van der Waals surface area contributed by atoms with E-state index in [1.165, 1.54) is 0 Å². The first-order valence-electron chi connectivity index (χ1n) is 6.66. The van der Waals surface area contributed by atoms with Gasteiger partial charge in [-0.3, -0.25) is 9.59 Å². The van der Waals surface area contributed by atoms with E-state index in [1.807, 2.05) is 54.6 Å². The fraction of sp³-hybridized carbons (Fsp3) is 0.176. The molecule has 2 rings (SSSR count). The molecule has 0 saturated heterocycles. The molecule has 102 valence electrons. The maximum atomic E-state index is 12.1. The number of hydrogen-bond donors (Lipinski definition) is 1. The number of hydrogen-bond acceptors (Lipinski definition) is 2. The van der Waals surface area contributed by atoms with Gasteiger partial charge < -0.3 is 5.32 Å². The molecule has 0 heterocycles. The molecular weight excluding hydrogens is 250 g/mol. The van der Waals surface area contributed by atoms with Crippen LogP contribution in [0.3, 0.4) is 0 Å². The quantitative estimate of drug-likeness (QED) is 0.843. The molecule has 1 N–H and O–H groups in total. The van der Waals surface area contributed by atoms with Gasteiger partial charge in [-0.05, 0) is 17.7 Å². The van der Waals surface area contributed by atoms with Crippen LogP contribution in [0, 0.1) is 0 Å². The van der Waals surface area contributed by atoms with Crippen molar-refractivity contribution in [1.29, 1.82) is 0 Å². The predicted molar refractivity (Wildman–Crippen MR) is 79.8 cm³/mol. The van der Waals surface area contributed by atoms with Crippen LogP contribution in [0.25, 0.3) is 0 Å². The summed E-state index contributed by atoms with van der Waals surface area (Å²) in [6.45, 7) is 1.80. The van der Waals surface area contributed by atoms with Gasteiger partial charge in [0.2, 0.25) is 5.91 Å². The van der Waals surface area contributed by atoms with Crippen molar-refractivity contribution in [3.05, 3.63) is 65.7 Å². The standard InChI is InChI=1S/C17H17NO2/c1-2-17(20)18-15-10-6-7-13(11-15)12-16(19)14-8-4-3-5-9-14/h3-11H,2,12H2,1H3,(H,18,20). The van der Waals surface area contributed by atoms with Crippen molar-refractivity contribution >= 4 is 17.4 Å². The highest BCUT2D eigenvalue weighted by Crippen LogP contribution is 2.13. The molecule has 0 atom stereocenters. The van der Waals surface area contributed by atoms with E-state index in [-0.39, 0.29) is 11.7 Å². The minimum absolute atomic E-state index is 0.0310. The Morgan fingerprint density at radius 2 is 1.75 bits per heavy atom. The lowest BCUT2D eigenvalue weighted by molar-refractivity contribution is -0.115. The molecule has 0 bridgehead atoms. The first kappa shape index (κ1) is 14.0. The number of benzene rings is 2. The molecule has 0 unspecified atom stereocenters. The summed E-state index contributed by atoms with van der Waals surface area (Å²) in [6, 6.07) is 16.6. The van der Waals surface area contributed by atoms with E-state index in [1.54, 1.807) is 6.92 Å². The Kier molecular flexibility index (Phi) is 4.66. The van der Waals surface area contributed by atoms with Crippen LogP contribution in [0.1, 0.15) is 29.3 Å². The third kappa shape index (κ3) is 3.79. The van der Waals surface area contributed by atoms with E-state index in [4.69, 9.17) is 0 Å². The number of amides is 1. The lowest BCUT2D eigenvalue weighted by atomic mass is 10.0. The second kappa shape index (κ2) is 6.66. The number of rotatable bonds is 5. The second-order valence-corrected chi connectivity index (χ2v) is 4.57. The normalized spacial score (nSPS) is 10.1. The number of carbonyl (C=O) groups is 2. The summed E-state index contributed by atoms with van der Waals surface area (Å²) in [5.74, 6) is 0.0427. The summed E-state index contributed by atoms with van der Waals surface area (Å²) in [5.41, 5.74) is 2.33. The van der Waals surface area contributed by atoms with Gasteiger partial charge in [0.05, 0.1) is 0 Å². The molecule has 1 amide bonds. The molecule has 0 aromatic heterocycles. The van der Waals surface area contributed by atoms with Gasteiger partial charge in [0.25, 0.3) is 0 Å². The highest BCUT2D eigenvalue weighted by molar-refractivity contribution is 5.97. The first-order chi connectivity index (χ1) is 9.69. The van der Waals surface area contributed by atoms with E-state index < -0.39 is 0 Å². The average Bonchev–Trinajstić information content (AvgIpc) is 2.48. The molecule has 0 saturated carbocycles. The molecule has 0 aliphatic rings. The third-order valence-electron chi connectivity index (χ3n) is 2.99. The van der Waals surface area contributed by atoms with Gasteiger partial charge in [0.1, 0.15) is 0 Å². The second-order valence-electron chi connectivity index (χ2n) is 4.57. The minimum atomic E-state index is -0.0310. The van der Waals surface area contributed by atoms with E-state index >= 15 is 0 Å². The topological polar surface area (TPSA) is 46.2 Å². The van der Waals surface area contributed by atoms with E-state index in [2.05, 4.69) is 5.32 Å². The van der Waals surface area contributed by atoms with Crippen molar-refractivity contribution in [2.75, 3.05) is 5.32 Å². The summed E-state index contributed by atoms with van der Waals surface area (Å²) in [6.07, 6.45) is 0.771. The van der Waals surface area contributed by atoms with Gasteiger partial charge in [-0.15, -0.1) is 0 Å². The molecule has 0 fully saturated rings. The highest BCUT2D eigenvalue weighted by atomic mass is 16.1. The van der Waals surface area contributed by atoms with Crippen LogP contribution in [-0.4, -0.2) is 11.7 Å². The lowest BCUT2D eigenvalue weighted by Crippen LogP contribution is -2.10. The Labute approximate surface area is 118 Å². The molecular formula is C17H17NO2. The molecule has 2 aromatic carbocycles. The van der Waals surface area contributed by atoms with Crippen molar-refractivity contribution < 1.29 is 9.59 Å². The van der Waals surface area contributed by atoms with Crippen LogP contribution in [0.2, 0.25) is 0 Å². The molecule has 20 heavy (non-hydrogen) atoms. The van der Waals surface area contributed by atoms with Crippen LogP contribution in [0.5, 0.6) is 0 Å². The van der Waals surface area contributed by atoms with Gasteiger partial charge in [-0.25, -0.2) is 0 Å². The zero-order valence-corrected chi connectivity index (χ0v) is 11.4. The zero-order valence-electron chi connectivity index (χ0n) is 11.4. The van der Waals surface area contributed by atoms with E-state index in [9.17, 15) is 9.59 Å². The van der Waals surface area contributed by atoms with Gasteiger partial charge in [0.15, 0.2) is 5.78 Å². The third-order valence-corrected chi connectivity index (χ3v) is 2.99. The lowest BCUT2D eigenvalue weighted by Gasteiger charge is -2.06. The van der Waals surface area contributed by atoms with Crippen LogP contribution in [0.4, 0.5) is 5.69 Å². The Balaban J connectivity index is 2.08. The molecule has 0 aliphatic carbocycles. The number of anilines is 1. The van der Waals surface area contributed by atoms with Crippen molar-refractivity contribution in [2.24, 2.45) is 0 Å².